The van der Waals surface area contributed by atoms with Crippen LogP contribution in [-0.4, -0.2) is 40.2 Å². The molecule has 0 spiro atoms. The molecule has 1 atom stereocenters. The summed E-state index contributed by atoms with van der Waals surface area (Å²) >= 11 is 1.75. The van der Waals surface area contributed by atoms with Gasteiger partial charge in [-0.2, -0.15) is 17.0 Å². The third-order valence-corrected chi connectivity index (χ3v) is 4.14. The fourth-order valence-corrected chi connectivity index (χ4v) is 3.22. The van der Waals surface area contributed by atoms with Gasteiger partial charge >= 0.3 is 5.97 Å². The lowest BCUT2D eigenvalue weighted by Crippen LogP contribution is -2.44. The van der Waals surface area contributed by atoms with Crippen molar-refractivity contribution in [3.05, 3.63) is 23.4 Å². The predicted molar refractivity (Wildman–Crippen MR) is 74.4 cm³/mol. The normalized spacial score (nSPS) is 18.9. The van der Waals surface area contributed by atoms with Crippen LogP contribution in [0.2, 0.25) is 0 Å². The van der Waals surface area contributed by atoms with Gasteiger partial charge < -0.3 is 10.0 Å². The first-order chi connectivity index (χ1) is 9.11. The molecule has 1 aliphatic heterocycles. The SMILES string of the molecule is Cc1ccc(C#N)c(N2CCSCC2CC(=O)O)n1. The lowest BCUT2D eigenvalue weighted by molar-refractivity contribution is -0.137. The van der Waals surface area contributed by atoms with Crippen LogP contribution in [0.5, 0.6) is 0 Å². The summed E-state index contributed by atoms with van der Waals surface area (Å²) in [5.41, 5.74) is 1.34. The van der Waals surface area contributed by atoms with E-state index in [-0.39, 0.29) is 12.5 Å². The molecule has 1 aromatic rings. The van der Waals surface area contributed by atoms with E-state index in [9.17, 15) is 4.79 Å². The molecule has 2 heterocycles. The Bertz CT molecular complexity index is 527. The summed E-state index contributed by atoms with van der Waals surface area (Å²) in [7, 11) is 0. The number of hydrogen-bond acceptors (Lipinski definition) is 5. The summed E-state index contributed by atoms with van der Waals surface area (Å²) in [6, 6.07) is 5.58. The monoisotopic (exact) mass is 277 g/mol. The van der Waals surface area contributed by atoms with Crippen molar-refractivity contribution < 1.29 is 9.90 Å². The second-order valence-corrected chi connectivity index (χ2v) is 5.61. The minimum absolute atomic E-state index is 0.0769. The van der Waals surface area contributed by atoms with Crippen LogP contribution in [0.4, 0.5) is 5.82 Å². The van der Waals surface area contributed by atoms with Crippen LogP contribution >= 0.6 is 11.8 Å². The molecule has 19 heavy (non-hydrogen) atoms. The molecular formula is C13H15N3O2S. The smallest absolute Gasteiger partial charge is 0.305 e. The summed E-state index contributed by atoms with van der Waals surface area (Å²) < 4.78 is 0. The van der Waals surface area contributed by atoms with Gasteiger partial charge in [-0.05, 0) is 19.1 Å². The van der Waals surface area contributed by atoms with Gasteiger partial charge in [0, 0.05) is 29.8 Å². The van der Waals surface area contributed by atoms with Gasteiger partial charge in [0.2, 0.25) is 0 Å². The molecule has 6 heteroatoms. The van der Waals surface area contributed by atoms with E-state index in [1.165, 1.54) is 0 Å². The predicted octanol–water partition coefficient (Wildman–Crippen LogP) is 1.66. The first-order valence-corrected chi connectivity index (χ1v) is 7.21. The number of rotatable bonds is 3. The maximum absolute atomic E-state index is 10.9. The number of carboxylic acid groups (broad SMARTS) is 1. The lowest BCUT2D eigenvalue weighted by atomic mass is 10.1. The van der Waals surface area contributed by atoms with Crippen LogP contribution in [0.25, 0.3) is 0 Å². The number of aryl methyl sites for hydroxylation is 1. The van der Waals surface area contributed by atoms with Crippen molar-refractivity contribution in [2.24, 2.45) is 0 Å². The Morgan fingerprint density at radius 3 is 3.16 bits per heavy atom. The van der Waals surface area contributed by atoms with Crippen LogP contribution in [-0.2, 0) is 4.79 Å². The number of carbonyl (C=O) groups is 1. The maximum Gasteiger partial charge on any atom is 0.305 e. The summed E-state index contributed by atoms with van der Waals surface area (Å²) in [5, 5.41) is 18.2. The zero-order chi connectivity index (χ0) is 13.8. The highest BCUT2D eigenvalue weighted by atomic mass is 32.2. The number of thioether (sulfide) groups is 1. The Morgan fingerprint density at radius 2 is 2.47 bits per heavy atom. The topological polar surface area (TPSA) is 77.2 Å². The van der Waals surface area contributed by atoms with Gasteiger partial charge in [-0.3, -0.25) is 4.79 Å². The van der Waals surface area contributed by atoms with Crippen LogP contribution in [0.1, 0.15) is 17.7 Å². The minimum atomic E-state index is -0.816. The van der Waals surface area contributed by atoms with Crippen LogP contribution in [0.15, 0.2) is 12.1 Å². The van der Waals surface area contributed by atoms with Crippen molar-refractivity contribution in [3.63, 3.8) is 0 Å². The van der Waals surface area contributed by atoms with Gasteiger partial charge in [0.05, 0.1) is 12.0 Å². The van der Waals surface area contributed by atoms with Gasteiger partial charge in [0.25, 0.3) is 0 Å². The molecular weight excluding hydrogens is 262 g/mol. The van der Waals surface area contributed by atoms with Gasteiger partial charge in [-0.1, -0.05) is 0 Å². The third kappa shape index (κ3) is 3.18. The fraction of sp³-hybridized carbons (Fsp3) is 0.462. The average Bonchev–Trinajstić information content (AvgIpc) is 2.38. The summed E-state index contributed by atoms with van der Waals surface area (Å²) in [4.78, 5) is 17.3. The van der Waals surface area contributed by atoms with E-state index >= 15 is 0 Å². The maximum atomic E-state index is 10.9. The molecule has 0 saturated carbocycles. The molecule has 1 N–H and O–H groups in total. The molecule has 1 aromatic heterocycles. The number of pyridine rings is 1. The number of aliphatic carboxylic acids is 1. The third-order valence-electron chi connectivity index (χ3n) is 3.04. The van der Waals surface area contributed by atoms with Crippen molar-refractivity contribution >= 4 is 23.5 Å². The molecule has 0 amide bonds. The Balaban J connectivity index is 2.34. The number of hydrogen-bond donors (Lipinski definition) is 1. The number of carboxylic acids is 1. The van der Waals surface area contributed by atoms with E-state index in [0.717, 1.165) is 23.7 Å². The largest absolute Gasteiger partial charge is 0.481 e. The van der Waals surface area contributed by atoms with E-state index in [2.05, 4.69) is 11.1 Å². The molecule has 5 nitrogen and oxygen atoms in total. The van der Waals surface area contributed by atoms with E-state index in [1.807, 2.05) is 11.8 Å². The van der Waals surface area contributed by atoms with Crippen molar-refractivity contribution in [3.8, 4) is 6.07 Å². The molecule has 1 unspecified atom stereocenters. The fourth-order valence-electron chi connectivity index (χ4n) is 2.15. The standard InChI is InChI=1S/C13H15N3O2S/c1-9-2-3-10(7-14)13(15-9)16-4-5-19-8-11(16)6-12(17)18/h2-3,11H,4-6,8H2,1H3,(H,17,18). The Hall–Kier alpha value is -1.74. The zero-order valence-electron chi connectivity index (χ0n) is 10.7. The number of anilines is 1. The molecule has 0 aromatic carbocycles. The van der Waals surface area contributed by atoms with E-state index in [4.69, 9.17) is 10.4 Å². The minimum Gasteiger partial charge on any atom is -0.481 e. The Morgan fingerprint density at radius 1 is 1.68 bits per heavy atom. The number of nitrogens with zero attached hydrogens (tertiary/aromatic N) is 3. The van der Waals surface area contributed by atoms with Gasteiger partial charge in [0.1, 0.15) is 11.9 Å². The first-order valence-electron chi connectivity index (χ1n) is 6.05. The van der Waals surface area contributed by atoms with Crippen molar-refractivity contribution in [2.75, 3.05) is 23.0 Å². The Kier molecular flexibility index (Phi) is 4.27. The van der Waals surface area contributed by atoms with Gasteiger partial charge in [-0.25, -0.2) is 4.98 Å². The molecule has 1 aliphatic rings. The summed E-state index contributed by atoms with van der Waals surface area (Å²) in [6.45, 7) is 2.60. The molecule has 100 valence electrons. The highest BCUT2D eigenvalue weighted by molar-refractivity contribution is 7.99. The van der Waals surface area contributed by atoms with Gasteiger partial charge in [-0.15, -0.1) is 0 Å². The quantitative estimate of drug-likeness (QED) is 0.905. The van der Waals surface area contributed by atoms with Crippen LogP contribution in [0.3, 0.4) is 0 Å². The molecule has 0 radical (unpaired) electrons. The second-order valence-electron chi connectivity index (χ2n) is 4.46. The van der Waals surface area contributed by atoms with Gasteiger partial charge in [0.15, 0.2) is 0 Å². The van der Waals surface area contributed by atoms with Crippen molar-refractivity contribution in [2.45, 2.75) is 19.4 Å². The number of nitriles is 1. The van der Waals surface area contributed by atoms with E-state index < -0.39 is 5.97 Å². The van der Waals surface area contributed by atoms with Crippen LogP contribution < -0.4 is 4.90 Å². The molecule has 0 aliphatic carbocycles. The molecule has 1 saturated heterocycles. The highest BCUT2D eigenvalue weighted by Crippen LogP contribution is 2.27. The van der Waals surface area contributed by atoms with Crippen molar-refractivity contribution in [1.82, 2.24) is 4.98 Å². The second kappa shape index (κ2) is 5.93. The van der Waals surface area contributed by atoms with Crippen molar-refractivity contribution in [1.29, 1.82) is 5.26 Å². The summed E-state index contributed by atoms with van der Waals surface area (Å²) in [5.74, 6) is 1.49. The van der Waals surface area contributed by atoms with E-state index in [0.29, 0.717) is 11.4 Å². The zero-order valence-corrected chi connectivity index (χ0v) is 11.5. The highest BCUT2D eigenvalue weighted by Gasteiger charge is 2.27. The van der Waals surface area contributed by atoms with Crippen LogP contribution in [0, 0.1) is 18.3 Å². The Labute approximate surface area is 116 Å². The average molecular weight is 277 g/mol. The molecule has 0 bridgehead atoms. The summed E-state index contributed by atoms with van der Waals surface area (Å²) in [6.07, 6.45) is 0.0769. The molecule has 1 fully saturated rings. The molecule has 2 rings (SSSR count). The number of aromatic nitrogens is 1. The first kappa shape index (κ1) is 13.7. The lowest BCUT2D eigenvalue weighted by Gasteiger charge is -2.36. The van der Waals surface area contributed by atoms with E-state index in [1.54, 1.807) is 23.9 Å².